The minimum Gasteiger partial charge on any atom is -0.378 e. The second-order valence-electron chi connectivity index (χ2n) is 5.74. The molecule has 6 heteroatoms. The highest BCUT2D eigenvalue weighted by atomic mass is 32.1. The zero-order valence-electron chi connectivity index (χ0n) is 12.5. The van der Waals surface area contributed by atoms with Gasteiger partial charge in [0.1, 0.15) is 11.8 Å². The molecule has 116 valence electrons. The van der Waals surface area contributed by atoms with Gasteiger partial charge in [0.15, 0.2) is 0 Å². The molecule has 0 saturated carbocycles. The Morgan fingerprint density at radius 2 is 2.48 bits per heavy atom. The average molecular weight is 310 g/mol. The summed E-state index contributed by atoms with van der Waals surface area (Å²) in [6.07, 6.45) is 1.58. The second-order valence-corrected chi connectivity index (χ2v) is 6.52. The molecule has 0 radical (unpaired) electrons. The van der Waals surface area contributed by atoms with Crippen LogP contribution in [0, 0.1) is 0 Å². The summed E-state index contributed by atoms with van der Waals surface area (Å²) in [6.45, 7) is 3.87. The van der Waals surface area contributed by atoms with E-state index in [0.717, 1.165) is 18.4 Å². The van der Waals surface area contributed by atoms with E-state index >= 15 is 0 Å². The van der Waals surface area contributed by atoms with Crippen molar-refractivity contribution in [2.24, 2.45) is 0 Å². The van der Waals surface area contributed by atoms with Crippen LogP contribution < -0.4 is 5.32 Å². The molecule has 2 aliphatic rings. The van der Waals surface area contributed by atoms with E-state index in [0.29, 0.717) is 19.8 Å². The highest BCUT2D eigenvalue weighted by molar-refractivity contribution is 7.07. The van der Waals surface area contributed by atoms with Crippen LogP contribution in [0.4, 0.5) is 0 Å². The highest BCUT2D eigenvalue weighted by Gasteiger charge is 2.45. The Labute approximate surface area is 129 Å². The summed E-state index contributed by atoms with van der Waals surface area (Å²) in [5, 5.41) is 7.59. The van der Waals surface area contributed by atoms with E-state index in [2.05, 4.69) is 16.8 Å². The molecule has 1 aromatic rings. The summed E-state index contributed by atoms with van der Waals surface area (Å²) in [6, 6.07) is 1.97. The fourth-order valence-corrected chi connectivity index (χ4v) is 3.78. The van der Waals surface area contributed by atoms with Crippen LogP contribution in [0.15, 0.2) is 16.8 Å². The van der Waals surface area contributed by atoms with Crippen molar-refractivity contribution in [3.8, 4) is 0 Å². The third-order valence-electron chi connectivity index (χ3n) is 4.48. The molecule has 3 heterocycles. The number of carbonyl (C=O) groups is 1. The number of thiophene rings is 1. The Morgan fingerprint density at radius 1 is 1.62 bits per heavy atom. The fraction of sp³-hybridized carbons (Fsp3) is 0.667. The van der Waals surface area contributed by atoms with E-state index < -0.39 is 0 Å². The Morgan fingerprint density at radius 3 is 3.05 bits per heavy atom. The van der Waals surface area contributed by atoms with Gasteiger partial charge in [0, 0.05) is 20.1 Å². The summed E-state index contributed by atoms with van der Waals surface area (Å²) in [7, 11) is 1.71. The van der Waals surface area contributed by atoms with Gasteiger partial charge < -0.3 is 14.4 Å². The Hall–Kier alpha value is -0.950. The van der Waals surface area contributed by atoms with E-state index in [1.807, 2.05) is 17.2 Å². The lowest BCUT2D eigenvalue weighted by molar-refractivity contribution is -0.135. The zero-order chi connectivity index (χ0) is 14.9. The molecule has 21 heavy (non-hydrogen) atoms. The van der Waals surface area contributed by atoms with Crippen molar-refractivity contribution in [3.05, 3.63) is 22.4 Å². The first-order valence-corrected chi connectivity index (χ1v) is 8.35. The number of carbonyl (C=O) groups excluding carboxylic acids is 1. The molecule has 0 spiro atoms. The summed E-state index contributed by atoms with van der Waals surface area (Å²) >= 11 is 1.65. The van der Waals surface area contributed by atoms with E-state index in [4.69, 9.17) is 9.47 Å². The van der Waals surface area contributed by atoms with Gasteiger partial charge >= 0.3 is 0 Å². The van der Waals surface area contributed by atoms with E-state index in [9.17, 15) is 4.79 Å². The normalized spacial score (nSPS) is 33.0. The molecule has 3 rings (SSSR count). The molecule has 2 aliphatic heterocycles. The molecule has 0 aromatic carbocycles. The molecule has 5 nitrogen and oxygen atoms in total. The first-order valence-electron chi connectivity index (χ1n) is 7.40. The predicted molar refractivity (Wildman–Crippen MR) is 81.2 cm³/mol. The van der Waals surface area contributed by atoms with Gasteiger partial charge in [-0.25, -0.2) is 0 Å². The summed E-state index contributed by atoms with van der Waals surface area (Å²) in [4.78, 5) is 14.6. The number of hydrogen-bond acceptors (Lipinski definition) is 5. The van der Waals surface area contributed by atoms with Crippen molar-refractivity contribution in [1.29, 1.82) is 0 Å². The maximum atomic E-state index is 12.7. The van der Waals surface area contributed by atoms with Crippen LogP contribution in [0.1, 0.15) is 31.5 Å². The SMILES string of the molecule is CCC1NC(c2ccsc2)N(CC2(OC)CCOC2)C1=O. The maximum Gasteiger partial charge on any atom is 0.241 e. The van der Waals surface area contributed by atoms with Crippen LogP contribution in [0.2, 0.25) is 0 Å². The van der Waals surface area contributed by atoms with Crippen molar-refractivity contribution >= 4 is 17.2 Å². The van der Waals surface area contributed by atoms with E-state index in [1.54, 1.807) is 18.4 Å². The van der Waals surface area contributed by atoms with Gasteiger partial charge in [0.2, 0.25) is 5.91 Å². The summed E-state index contributed by atoms with van der Waals surface area (Å²) in [5.41, 5.74) is 0.781. The number of ether oxygens (including phenoxy) is 2. The minimum atomic E-state index is -0.367. The quantitative estimate of drug-likeness (QED) is 0.900. The van der Waals surface area contributed by atoms with Crippen molar-refractivity contribution < 1.29 is 14.3 Å². The van der Waals surface area contributed by atoms with Crippen LogP contribution in [-0.4, -0.2) is 49.3 Å². The molecule has 2 saturated heterocycles. The van der Waals surface area contributed by atoms with Crippen molar-refractivity contribution in [1.82, 2.24) is 10.2 Å². The Balaban J connectivity index is 1.84. The average Bonchev–Trinajstić information content (AvgIpc) is 3.22. The van der Waals surface area contributed by atoms with Crippen LogP contribution in [0.25, 0.3) is 0 Å². The largest absolute Gasteiger partial charge is 0.378 e. The second kappa shape index (κ2) is 6.04. The lowest BCUT2D eigenvalue weighted by Gasteiger charge is -2.33. The van der Waals surface area contributed by atoms with Crippen LogP contribution in [0.5, 0.6) is 0 Å². The zero-order valence-corrected chi connectivity index (χ0v) is 13.3. The highest BCUT2D eigenvalue weighted by Crippen LogP contribution is 2.32. The summed E-state index contributed by atoms with van der Waals surface area (Å²) < 4.78 is 11.2. The van der Waals surface area contributed by atoms with Crippen molar-refractivity contribution in [2.45, 2.75) is 37.6 Å². The third kappa shape index (κ3) is 2.73. The van der Waals surface area contributed by atoms with Crippen LogP contribution >= 0.6 is 11.3 Å². The number of rotatable bonds is 5. The van der Waals surface area contributed by atoms with Gasteiger partial charge in [-0.2, -0.15) is 11.3 Å². The first-order chi connectivity index (χ1) is 10.2. The van der Waals surface area contributed by atoms with Crippen molar-refractivity contribution in [2.75, 3.05) is 26.9 Å². The molecular weight excluding hydrogens is 288 g/mol. The van der Waals surface area contributed by atoms with Crippen molar-refractivity contribution in [3.63, 3.8) is 0 Å². The maximum absolute atomic E-state index is 12.7. The molecule has 3 atom stereocenters. The molecular formula is C15H22N2O3S. The van der Waals surface area contributed by atoms with Gasteiger partial charge in [0.05, 0.1) is 19.2 Å². The van der Waals surface area contributed by atoms with E-state index in [1.165, 1.54) is 0 Å². The van der Waals surface area contributed by atoms with Crippen LogP contribution in [-0.2, 0) is 14.3 Å². The fourth-order valence-electron chi connectivity index (χ4n) is 3.10. The van der Waals surface area contributed by atoms with Gasteiger partial charge in [-0.1, -0.05) is 6.92 Å². The number of nitrogens with one attached hydrogen (secondary N) is 1. The molecule has 3 unspecified atom stereocenters. The molecule has 1 N–H and O–H groups in total. The Bertz CT molecular complexity index is 485. The number of nitrogens with zero attached hydrogens (tertiary/aromatic N) is 1. The number of amides is 1. The smallest absolute Gasteiger partial charge is 0.241 e. The van der Waals surface area contributed by atoms with Gasteiger partial charge in [-0.15, -0.1) is 0 Å². The summed E-state index contributed by atoms with van der Waals surface area (Å²) in [5.74, 6) is 0.164. The Kier molecular flexibility index (Phi) is 4.31. The third-order valence-corrected chi connectivity index (χ3v) is 5.18. The van der Waals surface area contributed by atoms with Crippen LogP contribution in [0.3, 0.4) is 0 Å². The molecule has 0 bridgehead atoms. The number of hydrogen-bond donors (Lipinski definition) is 1. The topological polar surface area (TPSA) is 50.8 Å². The first kappa shape index (κ1) is 15.0. The standard InChI is InChI=1S/C15H22N2O3S/c1-3-12-14(18)17(9-15(19-2)5-6-20-10-15)13(16-12)11-4-7-21-8-11/h4,7-8,12-13,16H,3,5-6,9-10H2,1-2H3. The van der Waals surface area contributed by atoms with Gasteiger partial charge in [0.25, 0.3) is 0 Å². The predicted octanol–water partition coefficient (Wildman–Crippen LogP) is 1.76. The van der Waals surface area contributed by atoms with E-state index in [-0.39, 0.29) is 23.7 Å². The monoisotopic (exact) mass is 310 g/mol. The minimum absolute atomic E-state index is 0.0543. The lowest BCUT2D eigenvalue weighted by atomic mass is 10.0. The van der Waals surface area contributed by atoms with Gasteiger partial charge in [-0.3, -0.25) is 10.1 Å². The molecule has 0 aliphatic carbocycles. The molecule has 1 amide bonds. The molecule has 2 fully saturated rings. The lowest BCUT2D eigenvalue weighted by Crippen LogP contribution is -2.47. The van der Waals surface area contributed by atoms with Gasteiger partial charge in [-0.05, 0) is 28.8 Å². The molecule has 1 aromatic heterocycles. The number of methoxy groups -OCH3 is 1.